The number of carboxylic acids is 1. The minimum absolute atomic E-state index is 0.00174. The third-order valence-corrected chi connectivity index (χ3v) is 12.8. The van der Waals surface area contributed by atoms with E-state index in [1.165, 1.54) is 0 Å². The van der Waals surface area contributed by atoms with Crippen LogP contribution in [0.5, 0.6) is 0 Å². The number of guanidine groups is 3. The fourth-order valence-electron chi connectivity index (χ4n) is 8.96. The van der Waals surface area contributed by atoms with E-state index in [0.29, 0.717) is 13.0 Å². The Morgan fingerprint density at radius 2 is 0.924 bits per heavy atom. The Balaban J connectivity index is 1.95. The molecule has 27 nitrogen and oxygen atoms in total. The molecule has 0 spiro atoms. The Kier molecular flexibility index (Phi) is 27.8. The lowest BCUT2D eigenvalue weighted by Gasteiger charge is -2.29. The molecule has 1 aromatic carbocycles. The number of amides is 7. The van der Waals surface area contributed by atoms with Gasteiger partial charge in [-0.25, -0.2) is 4.79 Å². The van der Waals surface area contributed by atoms with Gasteiger partial charge in [-0.2, -0.15) is 0 Å². The van der Waals surface area contributed by atoms with Crippen molar-refractivity contribution in [2.24, 2.45) is 67.1 Å². The number of benzene rings is 1. The van der Waals surface area contributed by atoms with E-state index in [2.05, 4.69) is 62.5 Å². The zero-order valence-electron chi connectivity index (χ0n) is 46.6. The van der Waals surface area contributed by atoms with E-state index in [1.54, 1.807) is 20.0 Å². The van der Waals surface area contributed by atoms with Gasteiger partial charge in [-0.3, -0.25) is 48.5 Å². The van der Waals surface area contributed by atoms with Crippen LogP contribution in [0.15, 0.2) is 45.4 Å². The minimum atomic E-state index is -1.33. The van der Waals surface area contributed by atoms with Crippen LogP contribution in [0.2, 0.25) is 0 Å². The first-order chi connectivity index (χ1) is 37.3. The highest BCUT2D eigenvalue weighted by atomic mass is 16.4. The van der Waals surface area contributed by atoms with Gasteiger partial charge in [0.2, 0.25) is 41.4 Å². The van der Waals surface area contributed by atoms with Crippen LogP contribution in [0.25, 0.3) is 10.9 Å². The molecule has 1 saturated heterocycles. The zero-order valence-corrected chi connectivity index (χ0v) is 46.6. The van der Waals surface area contributed by atoms with E-state index >= 15 is 0 Å². The molecular weight excluding hydrogens is 1020 g/mol. The van der Waals surface area contributed by atoms with Crippen molar-refractivity contribution < 1.29 is 43.5 Å². The number of aromatic nitrogens is 1. The summed E-state index contributed by atoms with van der Waals surface area (Å²) < 4.78 is 0. The molecule has 0 bridgehead atoms. The Morgan fingerprint density at radius 3 is 1.32 bits per heavy atom. The number of aromatic amines is 1. The number of nitrogens with zero attached hydrogens (tertiary/aromatic N) is 3. The van der Waals surface area contributed by atoms with Crippen molar-refractivity contribution in [1.29, 1.82) is 0 Å². The predicted octanol–water partition coefficient (Wildman–Crippen LogP) is -1.76. The van der Waals surface area contributed by atoms with Crippen LogP contribution in [-0.2, 0) is 44.8 Å². The molecule has 8 atom stereocenters. The summed E-state index contributed by atoms with van der Waals surface area (Å²) >= 11 is 0. The van der Waals surface area contributed by atoms with Crippen LogP contribution in [0.3, 0.4) is 0 Å². The number of fused-ring (bicyclic) bond motifs is 1. The highest BCUT2D eigenvalue weighted by Gasteiger charge is 2.36. The number of para-hydroxylation sites is 1. The number of hydrogen-bond acceptors (Lipinski definition) is 12. The van der Waals surface area contributed by atoms with Gasteiger partial charge in [0.1, 0.15) is 42.3 Å². The fourth-order valence-corrected chi connectivity index (χ4v) is 8.96. The standard InChI is InChI=1S/C52H88N18O9/c1-28(2)23-38(68-44(73)36(17-11-21-61-51(55)56)66-48(77)40(69-42(71)34-15-9-19-59-34)26-31-27-63-33-14-8-7-13-32(31)33)46(75)64-35(16-10-20-60-50(53)54)43(72)67-39(24-29(3)4)47(76)65-37(18-12-22-62-52(57)58)45(74)70-41(49(78)79)25-30(5)6/h7-8,13-14,27-30,34-41,59,63H,9-12,15-26H2,1-6H3,(H,64,75)(H,65,76)(H,66,77)(H,67,72)(H,68,73)(H,69,71)(H,70,74)(H,78,79)(H4,53,54,60)(H4,55,56,61)(H4,57,58,62)/t34-,35-,36-,37-,38-,39-,40-,41-/m0/s1. The topological polar surface area (TPSA) is 462 Å². The lowest BCUT2D eigenvalue weighted by Crippen LogP contribution is -2.60. The van der Waals surface area contributed by atoms with E-state index < -0.39 is 89.7 Å². The molecule has 3 rings (SSSR count). The predicted molar refractivity (Wildman–Crippen MR) is 302 cm³/mol. The SMILES string of the molecule is CC(C)C[C@H](NC(=O)[C@H](CCCN=C(N)N)NC(=O)[C@H](CC(C)C)NC(=O)[C@H](CCCN=C(N)N)NC(=O)[C@H](CC(C)C)NC(=O)[C@H](CCCN=C(N)N)NC(=O)[C@H](Cc1c[nH]c2ccccc12)NC(=O)[C@@H]1CCCN1)C(=O)O. The molecule has 79 heavy (non-hydrogen) atoms. The van der Waals surface area contributed by atoms with E-state index in [4.69, 9.17) is 34.4 Å². The second-order valence-electron chi connectivity index (χ2n) is 21.2. The number of aliphatic carboxylic acids is 1. The first kappa shape index (κ1) is 65.6. The number of carbonyl (C=O) groups excluding carboxylic acids is 7. The van der Waals surface area contributed by atoms with Crippen molar-refractivity contribution in [2.45, 2.75) is 167 Å². The third kappa shape index (κ3) is 24.2. The molecule has 0 radical (unpaired) electrons. The highest BCUT2D eigenvalue weighted by Crippen LogP contribution is 2.20. The quantitative estimate of drug-likeness (QED) is 0.0207. The van der Waals surface area contributed by atoms with Crippen LogP contribution in [-0.4, -0.2) is 150 Å². The van der Waals surface area contributed by atoms with Gasteiger partial charge in [-0.1, -0.05) is 59.7 Å². The molecule has 7 amide bonds. The number of nitrogens with one attached hydrogen (secondary N) is 9. The van der Waals surface area contributed by atoms with E-state index in [1.807, 2.05) is 52.0 Å². The smallest absolute Gasteiger partial charge is 0.326 e. The molecule has 0 aliphatic carbocycles. The van der Waals surface area contributed by atoms with Crippen molar-refractivity contribution in [3.05, 3.63) is 36.0 Å². The highest BCUT2D eigenvalue weighted by molar-refractivity contribution is 5.98. The molecular formula is C52H88N18O9. The van der Waals surface area contributed by atoms with Crippen LogP contribution < -0.4 is 76.9 Å². The maximum Gasteiger partial charge on any atom is 0.326 e. The number of nitrogens with two attached hydrogens (primary N) is 6. The number of carboxylic acid groups (broad SMARTS) is 1. The summed E-state index contributed by atoms with van der Waals surface area (Å²) in [5.41, 5.74) is 34.9. The second-order valence-corrected chi connectivity index (χ2v) is 21.2. The lowest BCUT2D eigenvalue weighted by molar-refractivity contribution is -0.143. The van der Waals surface area contributed by atoms with Crippen LogP contribution >= 0.6 is 0 Å². The van der Waals surface area contributed by atoms with Crippen molar-refractivity contribution >= 4 is 76.1 Å². The van der Waals surface area contributed by atoms with E-state index in [9.17, 15) is 43.5 Å². The number of H-pyrrole nitrogens is 1. The minimum Gasteiger partial charge on any atom is -0.480 e. The van der Waals surface area contributed by atoms with E-state index in [0.717, 1.165) is 22.9 Å². The summed E-state index contributed by atoms with van der Waals surface area (Å²) in [6.07, 6.45) is 4.03. The Morgan fingerprint density at radius 1 is 0.544 bits per heavy atom. The summed E-state index contributed by atoms with van der Waals surface area (Å²) in [6.45, 7) is 11.8. The molecule has 1 fully saturated rings. The number of aliphatic imine (C=N–C) groups is 3. The molecule has 1 aliphatic rings. The summed E-state index contributed by atoms with van der Waals surface area (Å²) in [6, 6.07) is -1.80. The Hall–Kier alpha value is -7.71. The first-order valence-corrected chi connectivity index (χ1v) is 27.1. The second kappa shape index (κ2) is 33.6. The summed E-state index contributed by atoms with van der Waals surface area (Å²) in [5.74, 6) is -7.15. The maximum atomic E-state index is 14.5. The van der Waals surface area contributed by atoms with Crippen molar-refractivity contribution in [3.8, 4) is 0 Å². The molecule has 22 N–H and O–H groups in total. The van der Waals surface area contributed by atoms with Gasteiger partial charge in [-0.05, 0) is 107 Å². The molecule has 1 aliphatic heterocycles. The monoisotopic (exact) mass is 1110 g/mol. The maximum absolute atomic E-state index is 14.5. The van der Waals surface area contributed by atoms with Crippen molar-refractivity contribution in [3.63, 3.8) is 0 Å². The van der Waals surface area contributed by atoms with Gasteiger partial charge >= 0.3 is 5.97 Å². The molecule has 0 saturated carbocycles. The summed E-state index contributed by atoms with van der Waals surface area (Å²) in [4.78, 5) is 127. The molecule has 0 unspecified atom stereocenters. The molecule has 440 valence electrons. The summed E-state index contributed by atoms with van der Waals surface area (Å²) in [7, 11) is 0. The molecule has 2 aromatic rings. The van der Waals surface area contributed by atoms with Gasteiger partial charge < -0.3 is 87.0 Å². The van der Waals surface area contributed by atoms with Gasteiger partial charge in [-0.15, -0.1) is 0 Å². The average Bonchev–Trinajstić information content (AvgIpc) is 4.11. The largest absolute Gasteiger partial charge is 0.480 e. The summed E-state index contributed by atoms with van der Waals surface area (Å²) in [5, 5.41) is 33.1. The lowest BCUT2D eigenvalue weighted by atomic mass is 9.99. The van der Waals surface area contributed by atoms with Gasteiger partial charge in [0.25, 0.3) is 0 Å². The third-order valence-electron chi connectivity index (χ3n) is 12.8. The Bertz CT molecular complexity index is 2420. The van der Waals surface area contributed by atoms with Crippen molar-refractivity contribution in [1.82, 2.24) is 47.5 Å². The number of carbonyl (C=O) groups is 8. The molecule has 27 heteroatoms. The number of hydrogen-bond donors (Lipinski definition) is 16. The number of rotatable bonds is 35. The average molecular weight is 1110 g/mol. The van der Waals surface area contributed by atoms with Crippen LogP contribution in [0.1, 0.15) is 118 Å². The zero-order chi connectivity index (χ0) is 58.8. The van der Waals surface area contributed by atoms with Gasteiger partial charge in [0.05, 0.1) is 6.04 Å². The molecule has 2 heterocycles. The van der Waals surface area contributed by atoms with Crippen LogP contribution in [0, 0.1) is 17.8 Å². The van der Waals surface area contributed by atoms with Gasteiger partial charge in [0.15, 0.2) is 17.9 Å². The van der Waals surface area contributed by atoms with E-state index in [-0.39, 0.29) is 125 Å². The fraction of sp³-hybridized carbons (Fsp3) is 0.635. The molecule has 1 aromatic heterocycles. The first-order valence-electron chi connectivity index (χ1n) is 27.1. The Labute approximate surface area is 462 Å². The normalized spacial score (nSPS) is 15.8. The van der Waals surface area contributed by atoms with Crippen LogP contribution in [0.4, 0.5) is 0 Å². The van der Waals surface area contributed by atoms with Crippen molar-refractivity contribution in [2.75, 3.05) is 26.2 Å². The van der Waals surface area contributed by atoms with Gasteiger partial charge in [0, 0.05) is 43.2 Å².